The van der Waals surface area contributed by atoms with Crippen molar-refractivity contribution in [1.82, 2.24) is 4.98 Å². The van der Waals surface area contributed by atoms with E-state index in [1.165, 1.54) is 6.07 Å². The summed E-state index contributed by atoms with van der Waals surface area (Å²) in [5.74, 6) is -0.0598. The maximum Gasteiger partial charge on any atom is 0.131 e. The van der Waals surface area contributed by atoms with E-state index >= 15 is 0 Å². The number of aromatic nitrogens is 1. The van der Waals surface area contributed by atoms with Gasteiger partial charge in [-0.05, 0) is 12.1 Å². The number of nitrogens with zero attached hydrogens (tertiary/aromatic N) is 1. The lowest BCUT2D eigenvalue weighted by atomic mass is 9.95. The molecule has 0 saturated carbocycles. The number of para-hydroxylation sites is 1. The van der Waals surface area contributed by atoms with Crippen LogP contribution in [-0.2, 0) is 6.54 Å². The van der Waals surface area contributed by atoms with Gasteiger partial charge in [-0.25, -0.2) is 9.37 Å². The van der Waals surface area contributed by atoms with Crippen LogP contribution in [0.1, 0.15) is 5.56 Å². The first kappa shape index (κ1) is 13.8. The van der Waals surface area contributed by atoms with Gasteiger partial charge in [0.15, 0.2) is 0 Å². The minimum Gasteiger partial charge on any atom is -0.383 e. The Morgan fingerprint density at radius 1 is 1.10 bits per heavy atom. The van der Waals surface area contributed by atoms with Crippen molar-refractivity contribution in [2.24, 2.45) is 5.73 Å². The van der Waals surface area contributed by atoms with Crippen molar-refractivity contribution in [2.45, 2.75) is 6.54 Å². The van der Waals surface area contributed by atoms with Crippen LogP contribution >= 0.6 is 11.6 Å². The van der Waals surface area contributed by atoms with E-state index in [2.05, 4.69) is 4.98 Å². The van der Waals surface area contributed by atoms with Crippen LogP contribution in [0.15, 0.2) is 42.5 Å². The fraction of sp³-hybridized carbons (Fsp3) is 0.0625. The first-order valence-electron chi connectivity index (χ1n) is 6.45. The molecule has 3 rings (SSSR count). The molecule has 0 atom stereocenters. The standard InChI is InChI=1S/C16H13ClFN3/c17-12-6-3-5-10-14(9-4-1-2-7-13(9)18)11(8-19)16(20)21-15(10)12/h1-7H,8,19H2,(H2,20,21). The van der Waals surface area contributed by atoms with E-state index in [1.807, 2.05) is 6.07 Å². The SMILES string of the molecule is NCc1c(N)nc2c(Cl)cccc2c1-c1ccccc1F. The molecule has 3 nitrogen and oxygen atoms in total. The van der Waals surface area contributed by atoms with E-state index in [1.54, 1.807) is 30.3 Å². The molecule has 4 N–H and O–H groups in total. The molecule has 21 heavy (non-hydrogen) atoms. The van der Waals surface area contributed by atoms with Gasteiger partial charge < -0.3 is 11.5 Å². The zero-order valence-corrected chi connectivity index (χ0v) is 11.9. The molecule has 3 aromatic rings. The molecule has 0 unspecified atom stereocenters. The normalized spacial score (nSPS) is 11.0. The maximum atomic E-state index is 14.2. The van der Waals surface area contributed by atoms with Crippen LogP contribution in [-0.4, -0.2) is 4.98 Å². The van der Waals surface area contributed by atoms with Crippen molar-refractivity contribution in [1.29, 1.82) is 0 Å². The Kier molecular flexibility index (Phi) is 3.49. The molecule has 0 fully saturated rings. The molecule has 106 valence electrons. The van der Waals surface area contributed by atoms with Gasteiger partial charge >= 0.3 is 0 Å². The van der Waals surface area contributed by atoms with Crippen molar-refractivity contribution >= 4 is 28.3 Å². The Hall–Kier alpha value is -2.17. The molecular formula is C16H13ClFN3. The summed E-state index contributed by atoms with van der Waals surface area (Å²) in [5.41, 5.74) is 14.0. The average molecular weight is 302 g/mol. The van der Waals surface area contributed by atoms with Crippen LogP contribution in [0.5, 0.6) is 0 Å². The Labute approximate surface area is 126 Å². The highest BCUT2D eigenvalue weighted by Gasteiger charge is 2.17. The fourth-order valence-electron chi connectivity index (χ4n) is 2.49. The van der Waals surface area contributed by atoms with E-state index in [4.69, 9.17) is 23.1 Å². The highest BCUT2D eigenvalue weighted by atomic mass is 35.5. The van der Waals surface area contributed by atoms with Gasteiger partial charge in [0.05, 0.1) is 10.5 Å². The van der Waals surface area contributed by atoms with Crippen LogP contribution in [0, 0.1) is 5.82 Å². The van der Waals surface area contributed by atoms with Gasteiger partial charge in [0, 0.05) is 28.6 Å². The lowest BCUT2D eigenvalue weighted by Crippen LogP contribution is -2.07. The number of nitrogen functional groups attached to an aromatic ring is 1. The molecule has 0 saturated heterocycles. The lowest BCUT2D eigenvalue weighted by molar-refractivity contribution is 0.631. The quantitative estimate of drug-likeness (QED) is 0.758. The summed E-state index contributed by atoms with van der Waals surface area (Å²) in [6.45, 7) is 0.172. The summed E-state index contributed by atoms with van der Waals surface area (Å²) in [4.78, 5) is 4.31. The Balaban J connectivity index is 2.50. The topological polar surface area (TPSA) is 64.9 Å². The van der Waals surface area contributed by atoms with Crippen LogP contribution in [0.25, 0.3) is 22.0 Å². The summed E-state index contributed by atoms with van der Waals surface area (Å²) in [6, 6.07) is 11.9. The van der Waals surface area contributed by atoms with Gasteiger partial charge in [-0.2, -0.15) is 0 Å². The van der Waals surface area contributed by atoms with Crippen LogP contribution < -0.4 is 11.5 Å². The second-order valence-corrected chi connectivity index (χ2v) is 5.08. The van der Waals surface area contributed by atoms with Crippen molar-refractivity contribution < 1.29 is 4.39 Å². The molecule has 0 amide bonds. The van der Waals surface area contributed by atoms with Crippen molar-refractivity contribution in [3.8, 4) is 11.1 Å². The van der Waals surface area contributed by atoms with E-state index in [9.17, 15) is 4.39 Å². The summed E-state index contributed by atoms with van der Waals surface area (Å²) in [7, 11) is 0. The van der Waals surface area contributed by atoms with Gasteiger partial charge in [0.25, 0.3) is 0 Å². The summed E-state index contributed by atoms with van der Waals surface area (Å²) < 4.78 is 14.2. The Morgan fingerprint density at radius 3 is 2.57 bits per heavy atom. The molecule has 0 aliphatic carbocycles. The first-order chi connectivity index (χ1) is 10.1. The molecule has 1 aromatic heterocycles. The number of anilines is 1. The van der Waals surface area contributed by atoms with Gasteiger partial charge in [-0.1, -0.05) is 41.9 Å². The Morgan fingerprint density at radius 2 is 1.86 bits per heavy atom. The van der Waals surface area contributed by atoms with Crippen LogP contribution in [0.2, 0.25) is 5.02 Å². The minimum absolute atomic E-state index is 0.172. The molecule has 0 radical (unpaired) electrons. The van der Waals surface area contributed by atoms with Crippen molar-refractivity contribution in [2.75, 3.05) is 5.73 Å². The summed E-state index contributed by atoms with van der Waals surface area (Å²) in [6.07, 6.45) is 0. The van der Waals surface area contributed by atoms with E-state index in [0.717, 1.165) is 5.39 Å². The Bertz CT molecular complexity index is 833. The number of nitrogens with two attached hydrogens (primary N) is 2. The third-order valence-corrected chi connectivity index (χ3v) is 3.75. The molecular weight excluding hydrogens is 289 g/mol. The zero-order chi connectivity index (χ0) is 15.0. The number of pyridine rings is 1. The molecule has 1 heterocycles. The molecule has 0 spiro atoms. The van der Waals surface area contributed by atoms with Crippen LogP contribution in [0.4, 0.5) is 10.2 Å². The van der Waals surface area contributed by atoms with Crippen molar-refractivity contribution in [3.05, 3.63) is 58.9 Å². The highest BCUT2D eigenvalue weighted by Crippen LogP contribution is 2.37. The van der Waals surface area contributed by atoms with Gasteiger partial charge in [0.2, 0.25) is 0 Å². The van der Waals surface area contributed by atoms with E-state index in [0.29, 0.717) is 27.2 Å². The number of halogens is 2. The summed E-state index contributed by atoms with van der Waals surface area (Å²) in [5, 5.41) is 1.21. The average Bonchev–Trinajstić information content (AvgIpc) is 2.48. The van der Waals surface area contributed by atoms with Gasteiger partial charge in [-0.15, -0.1) is 0 Å². The van der Waals surface area contributed by atoms with Crippen molar-refractivity contribution in [3.63, 3.8) is 0 Å². The smallest absolute Gasteiger partial charge is 0.131 e. The number of benzene rings is 2. The lowest BCUT2D eigenvalue weighted by Gasteiger charge is -2.15. The molecule has 2 aromatic carbocycles. The van der Waals surface area contributed by atoms with Gasteiger partial charge in [-0.3, -0.25) is 0 Å². The first-order valence-corrected chi connectivity index (χ1v) is 6.82. The molecule has 0 aliphatic rings. The number of rotatable bonds is 2. The second kappa shape index (κ2) is 5.31. The van der Waals surface area contributed by atoms with E-state index in [-0.39, 0.29) is 18.2 Å². The monoisotopic (exact) mass is 301 g/mol. The third-order valence-electron chi connectivity index (χ3n) is 3.45. The van der Waals surface area contributed by atoms with Gasteiger partial charge in [0.1, 0.15) is 11.6 Å². The predicted molar refractivity (Wildman–Crippen MR) is 84.5 cm³/mol. The number of hydrogen-bond donors (Lipinski definition) is 2. The number of fused-ring (bicyclic) bond motifs is 1. The largest absolute Gasteiger partial charge is 0.383 e. The molecule has 0 bridgehead atoms. The zero-order valence-electron chi connectivity index (χ0n) is 11.1. The second-order valence-electron chi connectivity index (χ2n) is 4.67. The predicted octanol–water partition coefficient (Wildman–Crippen LogP) is 3.74. The number of hydrogen-bond acceptors (Lipinski definition) is 3. The van der Waals surface area contributed by atoms with Crippen LogP contribution in [0.3, 0.4) is 0 Å². The summed E-state index contributed by atoms with van der Waals surface area (Å²) >= 11 is 6.18. The molecule has 0 aliphatic heterocycles. The third kappa shape index (κ3) is 2.22. The highest BCUT2D eigenvalue weighted by molar-refractivity contribution is 6.35. The molecule has 5 heteroatoms. The minimum atomic E-state index is -0.334. The van der Waals surface area contributed by atoms with E-state index < -0.39 is 0 Å². The fourth-order valence-corrected chi connectivity index (χ4v) is 2.70. The maximum absolute atomic E-state index is 14.2.